The summed E-state index contributed by atoms with van der Waals surface area (Å²) in [5, 5.41) is 8.99. The average Bonchev–Trinajstić information content (AvgIpc) is 2.64. The Hall–Kier alpha value is -1.49. The summed E-state index contributed by atoms with van der Waals surface area (Å²) in [5.41, 5.74) is 1.89. The highest BCUT2D eigenvalue weighted by molar-refractivity contribution is 5.60. The maximum absolute atomic E-state index is 8.99. The standard InChI is InChI=1S/C12H14N2/c1-10-5-4-8-14(10)12-7-3-2-6-11(12)9-13/h2-3,6-7,10H,4-5,8H2,1H3/t10-/m0/s1. The molecule has 14 heavy (non-hydrogen) atoms. The number of hydrogen-bond acceptors (Lipinski definition) is 2. The van der Waals surface area contributed by atoms with Crippen LogP contribution in [0.5, 0.6) is 0 Å². The summed E-state index contributed by atoms with van der Waals surface area (Å²) in [6, 6.07) is 10.7. The molecule has 0 aliphatic carbocycles. The Bertz CT molecular complexity index is 365. The molecular weight excluding hydrogens is 172 g/mol. The molecule has 0 unspecified atom stereocenters. The quantitative estimate of drug-likeness (QED) is 0.674. The number of benzene rings is 1. The van der Waals surface area contributed by atoms with Gasteiger partial charge in [-0.05, 0) is 31.9 Å². The van der Waals surface area contributed by atoms with Crippen LogP contribution >= 0.6 is 0 Å². The number of anilines is 1. The molecule has 2 rings (SSSR count). The zero-order valence-corrected chi connectivity index (χ0v) is 8.40. The molecule has 2 nitrogen and oxygen atoms in total. The minimum atomic E-state index is 0.574. The van der Waals surface area contributed by atoms with Crippen molar-refractivity contribution >= 4 is 5.69 Å². The summed E-state index contributed by atoms with van der Waals surface area (Å²) >= 11 is 0. The summed E-state index contributed by atoms with van der Waals surface area (Å²) in [6.07, 6.45) is 2.47. The van der Waals surface area contributed by atoms with Crippen LogP contribution in [0.25, 0.3) is 0 Å². The zero-order valence-electron chi connectivity index (χ0n) is 8.40. The molecule has 1 aliphatic heterocycles. The predicted octanol–water partition coefficient (Wildman–Crippen LogP) is 2.55. The van der Waals surface area contributed by atoms with Crippen molar-refractivity contribution in [1.82, 2.24) is 0 Å². The highest BCUT2D eigenvalue weighted by Crippen LogP contribution is 2.27. The van der Waals surface area contributed by atoms with E-state index in [2.05, 4.69) is 17.9 Å². The first-order valence-corrected chi connectivity index (χ1v) is 5.08. The van der Waals surface area contributed by atoms with Crippen LogP contribution < -0.4 is 4.90 Å². The third kappa shape index (κ3) is 1.46. The van der Waals surface area contributed by atoms with Gasteiger partial charge in [0.15, 0.2) is 0 Å². The van der Waals surface area contributed by atoms with E-state index >= 15 is 0 Å². The molecule has 0 amide bonds. The maximum atomic E-state index is 8.99. The van der Waals surface area contributed by atoms with Gasteiger partial charge in [0.2, 0.25) is 0 Å². The number of rotatable bonds is 1. The first-order valence-electron chi connectivity index (χ1n) is 5.08. The van der Waals surface area contributed by atoms with E-state index in [-0.39, 0.29) is 0 Å². The molecule has 1 aromatic rings. The number of para-hydroxylation sites is 1. The molecule has 1 atom stereocenters. The van der Waals surface area contributed by atoms with Crippen molar-refractivity contribution in [2.45, 2.75) is 25.8 Å². The highest BCUT2D eigenvalue weighted by Gasteiger charge is 2.21. The predicted molar refractivity (Wildman–Crippen MR) is 57.2 cm³/mol. The Labute approximate surface area is 84.8 Å². The molecule has 0 aromatic heterocycles. The molecule has 1 aliphatic rings. The van der Waals surface area contributed by atoms with Crippen LogP contribution in [0.4, 0.5) is 5.69 Å². The van der Waals surface area contributed by atoms with Gasteiger partial charge in [0.05, 0.1) is 11.3 Å². The van der Waals surface area contributed by atoms with E-state index < -0.39 is 0 Å². The lowest BCUT2D eigenvalue weighted by molar-refractivity contribution is 0.734. The van der Waals surface area contributed by atoms with Crippen LogP contribution in [0.3, 0.4) is 0 Å². The van der Waals surface area contributed by atoms with Gasteiger partial charge in [-0.1, -0.05) is 12.1 Å². The fourth-order valence-corrected chi connectivity index (χ4v) is 2.11. The van der Waals surface area contributed by atoms with Gasteiger partial charge in [-0.3, -0.25) is 0 Å². The monoisotopic (exact) mass is 186 g/mol. The molecule has 0 spiro atoms. The lowest BCUT2D eigenvalue weighted by Gasteiger charge is -2.24. The summed E-state index contributed by atoms with van der Waals surface area (Å²) in [5.74, 6) is 0. The normalized spacial score (nSPS) is 20.9. The number of hydrogen-bond donors (Lipinski definition) is 0. The van der Waals surface area contributed by atoms with E-state index in [9.17, 15) is 0 Å². The highest BCUT2D eigenvalue weighted by atomic mass is 15.2. The summed E-state index contributed by atoms with van der Waals surface area (Å²) in [4.78, 5) is 2.33. The molecule has 0 radical (unpaired) electrons. The van der Waals surface area contributed by atoms with E-state index in [0.29, 0.717) is 6.04 Å². The molecule has 1 aromatic carbocycles. The van der Waals surface area contributed by atoms with Crippen molar-refractivity contribution in [2.24, 2.45) is 0 Å². The van der Waals surface area contributed by atoms with Crippen LogP contribution in [0.1, 0.15) is 25.3 Å². The fraction of sp³-hybridized carbons (Fsp3) is 0.417. The minimum Gasteiger partial charge on any atom is -0.368 e. The lowest BCUT2D eigenvalue weighted by atomic mass is 10.1. The first kappa shape index (κ1) is 9.08. The second-order valence-corrected chi connectivity index (χ2v) is 3.81. The lowest BCUT2D eigenvalue weighted by Crippen LogP contribution is -2.26. The summed E-state index contributed by atoms with van der Waals surface area (Å²) < 4.78 is 0. The number of nitrogens with zero attached hydrogens (tertiary/aromatic N) is 2. The van der Waals surface area contributed by atoms with Crippen LogP contribution in [-0.4, -0.2) is 12.6 Å². The first-order chi connectivity index (χ1) is 6.83. The van der Waals surface area contributed by atoms with Crippen molar-refractivity contribution in [3.05, 3.63) is 29.8 Å². The van der Waals surface area contributed by atoms with Crippen molar-refractivity contribution in [3.8, 4) is 6.07 Å². The van der Waals surface area contributed by atoms with Gasteiger partial charge < -0.3 is 4.90 Å². The van der Waals surface area contributed by atoms with Gasteiger partial charge in [0, 0.05) is 12.6 Å². The van der Waals surface area contributed by atoms with Crippen molar-refractivity contribution < 1.29 is 0 Å². The van der Waals surface area contributed by atoms with Gasteiger partial charge >= 0.3 is 0 Å². The fourth-order valence-electron chi connectivity index (χ4n) is 2.11. The average molecular weight is 186 g/mol. The molecule has 72 valence electrons. The van der Waals surface area contributed by atoms with Crippen LogP contribution in [0.2, 0.25) is 0 Å². The van der Waals surface area contributed by atoms with Crippen molar-refractivity contribution in [3.63, 3.8) is 0 Å². The second-order valence-electron chi connectivity index (χ2n) is 3.81. The van der Waals surface area contributed by atoms with Crippen LogP contribution in [0, 0.1) is 11.3 Å². The van der Waals surface area contributed by atoms with Gasteiger partial charge in [-0.15, -0.1) is 0 Å². The molecule has 0 N–H and O–H groups in total. The Morgan fingerprint density at radius 1 is 1.43 bits per heavy atom. The largest absolute Gasteiger partial charge is 0.368 e. The van der Waals surface area contributed by atoms with E-state index in [1.807, 2.05) is 24.3 Å². The molecular formula is C12H14N2. The number of nitriles is 1. The molecule has 1 fully saturated rings. The Kier molecular flexibility index (Phi) is 2.41. The summed E-state index contributed by atoms with van der Waals surface area (Å²) in [7, 11) is 0. The molecule has 1 heterocycles. The summed E-state index contributed by atoms with van der Waals surface area (Å²) in [6.45, 7) is 3.31. The topological polar surface area (TPSA) is 27.0 Å². The van der Waals surface area contributed by atoms with E-state index in [0.717, 1.165) is 17.8 Å². The third-order valence-corrected chi connectivity index (χ3v) is 2.89. The Balaban J connectivity index is 2.36. The maximum Gasteiger partial charge on any atom is 0.101 e. The Morgan fingerprint density at radius 3 is 2.86 bits per heavy atom. The SMILES string of the molecule is C[C@H]1CCCN1c1ccccc1C#N. The van der Waals surface area contributed by atoms with Crippen LogP contribution in [-0.2, 0) is 0 Å². The van der Waals surface area contributed by atoms with Gasteiger partial charge in [-0.25, -0.2) is 0 Å². The van der Waals surface area contributed by atoms with E-state index in [1.54, 1.807) is 0 Å². The Morgan fingerprint density at radius 2 is 2.21 bits per heavy atom. The molecule has 0 saturated carbocycles. The van der Waals surface area contributed by atoms with E-state index in [1.165, 1.54) is 12.8 Å². The minimum absolute atomic E-state index is 0.574. The van der Waals surface area contributed by atoms with Crippen molar-refractivity contribution in [2.75, 3.05) is 11.4 Å². The second kappa shape index (κ2) is 3.71. The smallest absolute Gasteiger partial charge is 0.101 e. The zero-order chi connectivity index (χ0) is 9.97. The van der Waals surface area contributed by atoms with Gasteiger partial charge in [-0.2, -0.15) is 5.26 Å². The third-order valence-electron chi connectivity index (χ3n) is 2.89. The van der Waals surface area contributed by atoms with Gasteiger partial charge in [0.1, 0.15) is 6.07 Å². The van der Waals surface area contributed by atoms with Crippen LogP contribution in [0.15, 0.2) is 24.3 Å². The molecule has 0 bridgehead atoms. The van der Waals surface area contributed by atoms with E-state index in [4.69, 9.17) is 5.26 Å². The molecule has 1 saturated heterocycles. The molecule has 2 heteroatoms. The van der Waals surface area contributed by atoms with Crippen molar-refractivity contribution in [1.29, 1.82) is 5.26 Å². The van der Waals surface area contributed by atoms with Gasteiger partial charge in [0.25, 0.3) is 0 Å².